The summed E-state index contributed by atoms with van der Waals surface area (Å²) in [5.74, 6) is 7.42. The Morgan fingerprint density at radius 1 is 0.388 bits per heavy atom. The molecule has 584 valence electrons. The number of hydrogen-bond donors (Lipinski definition) is 4. The maximum Gasteiger partial charge on any atom is 0.248 e. The minimum atomic E-state index is -3.29. The number of amides is 1. The number of phenols is 2. The van der Waals surface area contributed by atoms with Crippen molar-refractivity contribution in [2.45, 2.75) is 96.3 Å². The Morgan fingerprint density at radius 2 is 0.690 bits per heavy atom. The Balaban J connectivity index is 0.000000109. The second kappa shape index (κ2) is 33.2. The Hall–Kier alpha value is -13.0. The summed E-state index contributed by atoms with van der Waals surface area (Å²) in [4.78, 5) is 34.3. The molecule has 22 nitrogen and oxygen atoms in total. The molecule has 20 rings (SSSR count). The Labute approximate surface area is 677 Å². The number of hydrogen-bond acceptors (Lipinski definition) is 15. The van der Waals surface area contributed by atoms with E-state index in [4.69, 9.17) is 17.3 Å². The number of rotatable bonds is 23. The van der Waals surface area contributed by atoms with E-state index < -0.39 is 15.9 Å². The number of allylic oxidation sites excluding steroid dienone is 5. The maximum absolute atomic E-state index is 11.3. The molecule has 24 heteroatoms. The van der Waals surface area contributed by atoms with E-state index in [0.717, 1.165) is 151 Å². The second-order valence-electron chi connectivity index (χ2n) is 30.6. The molecule has 5 saturated carbocycles. The molecular formula is C92H88ClN17O5S. The lowest BCUT2D eigenvalue weighted by Gasteiger charge is -2.07. The van der Waals surface area contributed by atoms with Gasteiger partial charge >= 0.3 is 0 Å². The molecule has 0 aliphatic heterocycles. The van der Waals surface area contributed by atoms with Crippen LogP contribution in [0.5, 0.6) is 11.5 Å². The number of sulfonamides is 1. The largest absolute Gasteiger partial charge is 0.508 e. The van der Waals surface area contributed by atoms with E-state index in [1.165, 1.54) is 92.1 Å². The predicted octanol–water partition coefficient (Wildman–Crippen LogP) is 18.1. The highest BCUT2D eigenvalue weighted by Crippen LogP contribution is 2.41. The molecule has 15 aromatic rings. The van der Waals surface area contributed by atoms with Crippen LogP contribution in [0.25, 0.3) is 84.5 Å². The molecule has 5 aromatic carbocycles. The van der Waals surface area contributed by atoms with Crippen LogP contribution in [0.2, 0.25) is 5.02 Å². The molecule has 0 saturated heterocycles. The van der Waals surface area contributed by atoms with E-state index in [1.807, 2.05) is 186 Å². The van der Waals surface area contributed by atoms with Gasteiger partial charge in [-0.25, -0.2) is 55.9 Å². The lowest BCUT2D eigenvalue weighted by molar-refractivity contribution is 0.1000. The van der Waals surface area contributed by atoms with Crippen molar-refractivity contribution in [2.24, 2.45) is 35.3 Å². The van der Waals surface area contributed by atoms with E-state index in [2.05, 4.69) is 88.0 Å². The number of nitrogens with two attached hydrogens (primary N) is 1. The zero-order valence-electron chi connectivity index (χ0n) is 64.4. The van der Waals surface area contributed by atoms with Gasteiger partial charge in [-0.15, -0.1) is 0 Å². The van der Waals surface area contributed by atoms with E-state index in [-0.39, 0.29) is 11.5 Å². The minimum Gasteiger partial charge on any atom is -0.508 e. The Kier molecular flexibility index (Phi) is 22.0. The van der Waals surface area contributed by atoms with Crippen LogP contribution >= 0.6 is 11.6 Å². The summed E-state index contributed by atoms with van der Waals surface area (Å²) >= 11 is 6.32. The molecule has 0 radical (unpaired) electrons. The quantitative estimate of drug-likeness (QED) is 0.0433. The number of nitrogens with one attached hydrogen (secondary N) is 1. The van der Waals surface area contributed by atoms with Gasteiger partial charge in [0.1, 0.15) is 11.5 Å². The van der Waals surface area contributed by atoms with Crippen LogP contribution in [0.4, 0.5) is 5.69 Å². The molecular weight excluding hydrogens is 1490 g/mol. The summed E-state index contributed by atoms with van der Waals surface area (Å²) in [6, 6.07) is 66.1. The number of fused-ring (bicyclic) bond motifs is 5. The number of phenolic OH excluding ortho intramolecular Hbond substituents is 2. The zero-order chi connectivity index (χ0) is 80.3. The normalized spacial score (nSPS) is 14.3. The number of benzene rings is 5. The van der Waals surface area contributed by atoms with Crippen LogP contribution < -0.4 is 10.5 Å². The minimum absolute atomic E-state index is 0.247. The fourth-order valence-electron chi connectivity index (χ4n) is 14.1. The van der Waals surface area contributed by atoms with Crippen molar-refractivity contribution in [3.8, 4) is 67.8 Å². The highest BCUT2D eigenvalue weighted by molar-refractivity contribution is 7.92. The summed E-state index contributed by atoms with van der Waals surface area (Å²) < 4.78 is 34.4. The van der Waals surface area contributed by atoms with Gasteiger partial charge in [0.15, 0.2) is 57.4 Å². The summed E-state index contributed by atoms with van der Waals surface area (Å²) in [6.45, 7) is 20.8. The number of carbonyl (C=O) groups is 1. The van der Waals surface area contributed by atoms with E-state index in [1.54, 1.807) is 48.5 Å². The standard InChI is InChI=1S/C19H20N4O2S.C19H18N4O.C18H16ClN3.2C18H17N3O/c1-13(14-6-7-14)12-18-20-19-5-3-4-17(23(19)21-18)15-8-10-16(11-9-15)22-26(2,24)25;1-12(13-5-6-13)11-17-21-18-4-2-3-16(23(18)22-17)14-7-9-15(10-8-14)19(20)24;1-12(13-9-10-13)11-17-20-18-8-4-7-16(22(18)21-17)14-5-2-3-6-15(14)19;1-12(13-8-9-13)10-17-19-18-7-3-6-16(21(18)20-17)14-4-2-5-15(22)11-14;1-12(13-5-6-13)11-17-19-18-4-2-3-16(21(18)20-17)14-7-9-15(22)10-8-14/h3-5,8-11,14,22H,1,6-7,12H2,2H3;2-4,7-10,13H,1,5-6,11H2,(H2,20,24);2-8,13H,1,9-11H2;2-7,11,13,22H,1,8-10H2;2-4,7-10,13,22H,1,5-6,11H2. The van der Waals surface area contributed by atoms with Crippen molar-refractivity contribution in [3.05, 3.63) is 313 Å². The van der Waals surface area contributed by atoms with Gasteiger partial charge in [0.05, 0.1) is 34.7 Å². The van der Waals surface area contributed by atoms with Crippen molar-refractivity contribution in [2.75, 3.05) is 11.0 Å². The molecule has 0 bridgehead atoms. The van der Waals surface area contributed by atoms with Gasteiger partial charge < -0.3 is 15.9 Å². The number of anilines is 1. The van der Waals surface area contributed by atoms with Gasteiger partial charge in [-0.05, 0) is 221 Å². The Morgan fingerprint density at radius 3 is 1.01 bits per heavy atom. The van der Waals surface area contributed by atoms with Crippen molar-refractivity contribution in [1.82, 2.24) is 73.0 Å². The third-order valence-electron chi connectivity index (χ3n) is 21.1. The molecule has 5 aliphatic carbocycles. The van der Waals surface area contributed by atoms with Crippen molar-refractivity contribution in [1.29, 1.82) is 0 Å². The third-order valence-corrected chi connectivity index (χ3v) is 22.1. The van der Waals surface area contributed by atoms with Crippen LogP contribution in [-0.4, -0.2) is 104 Å². The first-order chi connectivity index (χ1) is 56.1. The summed E-state index contributed by atoms with van der Waals surface area (Å²) in [6.07, 6.45) is 17.3. The molecule has 5 fully saturated rings. The fourth-order valence-corrected chi connectivity index (χ4v) is 14.9. The lowest BCUT2D eigenvalue weighted by atomic mass is 10.1. The maximum atomic E-state index is 11.3. The van der Waals surface area contributed by atoms with Gasteiger partial charge in [0.2, 0.25) is 15.9 Å². The number of aromatic nitrogens is 15. The van der Waals surface area contributed by atoms with Gasteiger partial charge in [-0.1, -0.05) is 157 Å². The predicted molar refractivity (Wildman–Crippen MR) is 455 cm³/mol. The third kappa shape index (κ3) is 18.8. The van der Waals surface area contributed by atoms with Crippen LogP contribution in [0.3, 0.4) is 0 Å². The molecule has 0 atom stereocenters. The van der Waals surface area contributed by atoms with Crippen LogP contribution in [0.1, 0.15) is 104 Å². The first kappa shape index (κ1) is 77.0. The summed E-state index contributed by atoms with van der Waals surface area (Å²) in [5, 5.41) is 43.1. The molecule has 116 heavy (non-hydrogen) atoms. The smallest absolute Gasteiger partial charge is 0.248 e. The topological polar surface area (TPSA) is 281 Å². The van der Waals surface area contributed by atoms with E-state index >= 15 is 0 Å². The van der Waals surface area contributed by atoms with Gasteiger partial charge in [0, 0.05) is 76.2 Å². The van der Waals surface area contributed by atoms with Gasteiger partial charge in [-0.2, -0.15) is 25.5 Å². The monoisotopic (exact) mass is 1580 g/mol. The van der Waals surface area contributed by atoms with Crippen LogP contribution in [-0.2, 0) is 42.1 Å². The van der Waals surface area contributed by atoms with E-state index in [9.17, 15) is 23.4 Å². The number of pyridine rings is 5. The molecule has 0 unspecified atom stereocenters. The van der Waals surface area contributed by atoms with Crippen molar-refractivity contribution < 1.29 is 23.4 Å². The molecule has 5 aliphatic rings. The molecule has 10 aromatic heterocycles. The number of aromatic hydroxyl groups is 2. The van der Waals surface area contributed by atoms with Gasteiger partial charge in [-0.3, -0.25) is 9.52 Å². The molecule has 10 heterocycles. The second-order valence-corrected chi connectivity index (χ2v) is 32.7. The lowest BCUT2D eigenvalue weighted by Crippen LogP contribution is -2.10. The highest BCUT2D eigenvalue weighted by Gasteiger charge is 2.30. The average molecular weight is 1580 g/mol. The first-order valence-corrected chi connectivity index (χ1v) is 41.3. The highest BCUT2D eigenvalue weighted by atomic mass is 35.5. The number of primary amides is 1. The Bertz CT molecular complexity index is 6380. The number of nitrogens with zero attached hydrogens (tertiary/aromatic N) is 15. The molecule has 0 spiro atoms. The first-order valence-electron chi connectivity index (χ1n) is 39.1. The number of carbonyl (C=O) groups excluding carboxylic acids is 1. The van der Waals surface area contributed by atoms with Crippen molar-refractivity contribution in [3.63, 3.8) is 0 Å². The fraction of sp³-hybridized carbons (Fsp3) is 0.228. The average Bonchev–Trinajstić information content (AvgIpc) is 1.67. The molecule has 5 N–H and O–H groups in total. The van der Waals surface area contributed by atoms with E-state index in [0.29, 0.717) is 47.3 Å². The summed E-state index contributed by atoms with van der Waals surface area (Å²) in [7, 11) is -3.29. The van der Waals surface area contributed by atoms with Crippen LogP contribution in [0, 0.1) is 29.6 Å². The molecule has 1 amide bonds. The zero-order valence-corrected chi connectivity index (χ0v) is 66.0. The van der Waals surface area contributed by atoms with Crippen LogP contribution in [0.15, 0.2) is 273 Å². The number of halogens is 1. The van der Waals surface area contributed by atoms with Gasteiger partial charge in [0.25, 0.3) is 0 Å². The SMILES string of the molecule is C=C(Cc1nc2cccc(-c3ccc(C(N)=O)cc3)n2n1)C1CC1.C=C(Cc1nc2cccc(-c3ccc(NS(C)(=O)=O)cc3)n2n1)C1CC1.C=C(Cc1nc2cccc(-c3ccc(O)cc3)n2n1)C1CC1.C=C(Cc1nc2cccc(-c3cccc(O)c3)n2n1)C1CC1.C=C(Cc1nc2cccc(-c3ccccc3Cl)n2n1)C1CC1. The van der Waals surface area contributed by atoms with Crippen molar-refractivity contribution >= 4 is 61.5 Å². The summed E-state index contributed by atoms with van der Waals surface area (Å²) in [5.41, 5.74) is 26.0.